The third kappa shape index (κ3) is 6.41. The Bertz CT molecular complexity index is 1160. The molecule has 2 aromatic rings. The first-order valence-corrected chi connectivity index (χ1v) is 11.8. The van der Waals surface area contributed by atoms with Crippen LogP contribution in [-0.4, -0.2) is 37.0 Å². The van der Waals surface area contributed by atoms with Gasteiger partial charge >= 0.3 is 6.18 Å². The number of benzene rings is 2. The molecule has 10 heteroatoms. The van der Waals surface area contributed by atoms with E-state index in [4.69, 9.17) is 4.74 Å². The highest BCUT2D eigenvalue weighted by molar-refractivity contribution is 6.20. The molecule has 1 heterocycles. The predicted molar refractivity (Wildman–Crippen MR) is 126 cm³/mol. The lowest BCUT2D eigenvalue weighted by molar-refractivity contribution is -0.142. The number of rotatable bonds is 9. The lowest BCUT2D eigenvalue weighted by Gasteiger charge is -2.20. The van der Waals surface area contributed by atoms with Crippen LogP contribution in [0.25, 0.3) is 0 Å². The Hall–Kier alpha value is -3.43. The number of para-hydroxylation sites is 1. The molecule has 2 atom stereocenters. The molecule has 1 saturated carbocycles. The van der Waals surface area contributed by atoms with Gasteiger partial charge in [-0.15, -0.1) is 0 Å². The molecule has 1 aliphatic heterocycles. The van der Waals surface area contributed by atoms with Crippen LogP contribution in [0, 0.1) is 17.7 Å². The van der Waals surface area contributed by atoms with Gasteiger partial charge in [-0.25, -0.2) is 9.38 Å². The summed E-state index contributed by atoms with van der Waals surface area (Å²) in [5, 5.41) is 5.24. The summed E-state index contributed by atoms with van der Waals surface area (Å²) < 4.78 is 58.1. The van der Waals surface area contributed by atoms with Gasteiger partial charge in [0.25, 0.3) is 5.91 Å². The number of fused-ring (bicyclic) bond motifs is 1. The van der Waals surface area contributed by atoms with Gasteiger partial charge in [0.1, 0.15) is 11.6 Å². The molecule has 0 radical (unpaired) electrons. The van der Waals surface area contributed by atoms with Crippen molar-refractivity contribution in [1.29, 1.82) is 0 Å². The van der Waals surface area contributed by atoms with Gasteiger partial charge in [-0.3, -0.25) is 9.59 Å². The van der Waals surface area contributed by atoms with Crippen LogP contribution in [0.15, 0.2) is 47.5 Å². The van der Waals surface area contributed by atoms with Gasteiger partial charge in [-0.05, 0) is 43.4 Å². The van der Waals surface area contributed by atoms with Crippen LogP contribution >= 0.6 is 0 Å². The van der Waals surface area contributed by atoms with Gasteiger partial charge < -0.3 is 15.4 Å². The molecule has 192 valence electrons. The first kappa shape index (κ1) is 25.7. The van der Waals surface area contributed by atoms with E-state index in [2.05, 4.69) is 15.6 Å². The summed E-state index contributed by atoms with van der Waals surface area (Å²) >= 11 is 0. The number of carbonyl (C=O) groups is 2. The molecule has 4 rings (SSSR count). The van der Waals surface area contributed by atoms with Crippen LogP contribution in [0.2, 0.25) is 0 Å². The second kappa shape index (κ2) is 10.7. The number of halogens is 4. The maximum Gasteiger partial charge on any atom is 0.389 e. The molecule has 0 saturated heterocycles. The fourth-order valence-electron chi connectivity index (χ4n) is 4.28. The van der Waals surface area contributed by atoms with Crippen molar-refractivity contribution in [2.75, 3.05) is 12.4 Å². The topological polar surface area (TPSA) is 79.8 Å². The van der Waals surface area contributed by atoms with E-state index in [1.165, 1.54) is 25.3 Å². The lowest BCUT2D eigenvalue weighted by Crippen LogP contribution is -2.45. The number of hydrogen-bond donors (Lipinski definition) is 2. The van der Waals surface area contributed by atoms with Crippen LogP contribution in [0.3, 0.4) is 0 Å². The molecular weight excluding hydrogens is 478 g/mol. The fraction of sp³-hybridized carbons (Fsp3) is 0.423. The Morgan fingerprint density at radius 1 is 1.19 bits per heavy atom. The van der Waals surface area contributed by atoms with Crippen LogP contribution in [0.5, 0.6) is 5.75 Å². The third-order valence-corrected chi connectivity index (χ3v) is 6.40. The maximum absolute atomic E-state index is 14.0. The molecule has 2 N–H and O–H groups in total. The van der Waals surface area contributed by atoms with Crippen LogP contribution < -0.4 is 15.4 Å². The summed E-state index contributed by atoms with van der Waals surface area (Å²) in [6, 6.07) is 10.6. The standard InChI is InChI=1S/C26H27F4N3O3/c1-36-20-7-3-6-19-21(17-4-2-5-18(27)14-17)31-23(25(35)32-22(19)20)33-24(34)16(11-10-15-8-9-15)12-13-26(28,29)30/h2-7,14-16,23H,8-13H2,1H3,(H,32,35)(H,33,34). The van der Waals surface area contributed by atoms with Crippen molar-refractivity contribution < 1.29 is 31.9 Å². The van der Waals surface area contributed by atoms with Crippen molar-refractivity contribution in [3.8, 4) is 5.75 Å². The smallest absolute Gasteiger partial charge is 0.389 e. The molecule has 36 heavy (non-hydrogen) atoms. The quantitative estimate of drug-likeness (QED) is 0.459. The monoisotopic (exact) mass is 505 g/mol. The first-order chi connectivity index (χ1) is 17.1. The zero-order valence-electron chi connectivity index (χ0n) is 19.7. The zero-order valence-corrected chi connectivity index (χ0v) is 19.7. The number of anilines is 1. The van der Waals surface area contributed by atoms with Gasteiger partial charge in [-0.2, -0.15) is 13.2 Å². The van der Waals surface area contributed by atoms with Gasteiger partial charge in [0.05, 0.1) is 18.5 Å². The average Bonchev–Trinajstić information content (AvgIpc) is 3.66. The molecule has 6 nitrogen and oxygen atoms in total. The molecule has 1 fully saturated rings. The van der Waals surface area contributed by atoms with Crippen molar-refractivity contribution in [1.82, 2.24) is 5.32 Å². The highest BCUT2D eigenvalue weighted by Gasteiger charge is 2.34. The van der Waals surface area contributed by atoms with Crippen molar-refractivity contribution >= 4 is 23.2 Å². The van der Waals surface area contributed by atoms with E-state index < -0.39 is 42.3 Å². The Labute approximate surface area is 206 Å². The summed E-state index contributed by atoms with van der Waals surface area (Å²) in [5.74, 6) is -2.00. The third-order valence-electron chi connectivity index (χ3n) is 6.40. The second-order valence-corrected chi connectivity index (χ2v) is 9.14. The maximum atomic E-state index is 14.0. The van der Waals surface area contributed by atoms with Gasteiger partial charge in [-0.1, -0.05) is 37.1 Å². The molecule has 2 unspecified atom stereocenters. The Morgan fingerprint density at radius 2 is 1.94 bits per heavy atom. The van der Waals surface area contributed by atoms with Crippen molar-refractivity contribution in [3.63, 3.8) is 0 Å². The molecule has 0 aromatic heterocycles. The Balaban J connectivity index is 1.65. The normalized spacial score (nSPS) is 18.4. The van der Waals surface area contributed by atoms with Gasteiger partial charge in [0, 0.05) is 23.5 Å². The number of alkyl halides is 3. The summed E-state index contributed by atoms with van der Waals surface area (Å²) in [5.41, 5.74) is 1.35. The lowest BCUT2D eigenvalue weighted by atomic mass is 9.95. The highest BCUT2D eigenvalue weighted by atomic mass is 19.4. The van der Waals surface area contributed by atoms with Gasteiger partial charge in [0.2, 0.25) is 12.1 Å². The first-order valence-electron chi connectivity index (χ1n) is 11.8. The van der Waals surface area contributed by atoms with Crippen molar-refractivity contribution in [2.45, 2.75) is 50.9 Å². The van der Waals surface area contributed by atoms with Gasteiger partial charge in [0.15, 0.2) is 0 Å². The molecular formula is C26H27F4N3O3. The molecule has 0 spiro atoms. The number of methoxy groups -OCH3 is 1. The molecule has 2 amide bonds. The predicted octanol–water partition coefficient (Wildman–Crippen LogP) is 5.22. The Morgan fingerprint density at radius 3 is 2.61 bits per heavy atom. The van der Waals surface area contributed by atoms with Crippen LogP contribution in [0.4, 0.5) is 23.2 Å². The molecule has 2 aliphatic rings. The molecule has 1 aliphatic carbocycles. The number of hydrogen-bond acceptors (Lipinski definition) is 4. The summed E-state index contributed by atoms with van der Waals surface area (Å²) in [4.78, 5) is 30.6. The highest BCUT2D eigenvalue weighted by Crippen LogP contribution is 2.36. The van der Waals surface area contributed by atoms with E-state index in [0.717, 1.165) is 12.8 Å². The van der Waals surface area contributed by atoms with Crippen molar-refractivity contribution in [3.05, 3.63) is 59.4 Å². The fourth-order valence-corrected chi connectivity index (χ4v) is 4.28. The summed E-state index contributed by atoms with van der Waals surface area (Å²) in [6.45, 7) is 0. The van der Waals surface area contributed by atoms with Crippen molar-refractivity contribution in [2.24, 2.45) is 16.8 Å². The minimum atomic E-state index is -4.39. The Kier molecular flexibility index (Phi) is 7.61. The minimum absolute atomic E-state index is 0.233. The minimum Gasteiger partial charge on any atom is -0.495 e. The van der Waals surface area contributed by atoms with E-state index in [1.54, 1.807) is 24.3 Å². The average molecular weight is 506 g/mol. The second-order valence-electron chi connectivity index (χ2n) is 9.14. The molecule has 0 bridgehead atoms. The number of nitrogens with one attached hydrogen (secondary N) is 2. The number of carbonyl (C=O) groups excluding carboxylic acids is 2. The van der Waals surface area contributed by atoms with Crippen LogP contribution in [-0.2, 0) is 9.59 Å². The number of ether oxygens (including phenoxy) is 1. The summed E-state index contributed by atoms with van der Waals surface area (Å²) in [6.07, 6.45) is -4.29. The summed E-state index contributed by atoms with van der Waals surface area (Å²) in [7, 11) is 1.43. The number of benzodiazepines with no additional fused rings is 1. The number of nitrogens with zero attached hydrogens (tertiary/aromatic N) is 1. The van der Waals surface area contributed by atoms with E-state index in [1.807, 2.05) is 0 Å². The van der Waals surface area contributed by atoms with E-state index in [-0.39, 0.29) is 12.1 Å². The molecule has 2 aromatic carbocycles. The van der Waals surface area contributed by atoms with E-state index in [0.29, 0.717) is 41.3 Å². The number of amides is 2. The largest absolute Gasteiger partial charge is 0.495 e. The van der Waals surface area contributed by atoms with E-state index in [9.17, 15) is 27.2 Å². The number of aliphatic imine (C=N–C) groups is 1. The zero-order chi connectivity index (χ0) is 25.9. The SMILES string of the molecule is COc1cccc2c1NC(=O)C(NC(=O)C(CCC1CC1)CCC(F)(F)F)N=C2c1cccc(F)c1. The van der Waals surface area contributed by atoms with E-state index >= 15 is 0 Å². The van der Waals surface area contributed by atoms with Crippen LogP contribution in [0.1, 0.15) is 49.7 Å².